The zero-order valence-corrected chi connectivity index (χ0v) is 12.4. The van der Waals surface area contributed by atoms with Crippen molar-refractivity contribution in [1.29, 1.82) is 0 Å². The summed E-state index contributed by atoms with van der Waals surface area (Å²) in [5.41, 5.74) is 2.01. The van der Waals surface area contributed by atoms with E-state index in [0.717, 1.165) is 36.5 Å². The number of nitrogens with zero attached hydrogens (tertiary/aromatic N) is 2. The molecule has 0 bridgehead atoms. The first-order chi connectivity index (χ1) is 10.9. The molecule has 1 fully saturated rings. The van der Waals surface area contributed by atoms with E-state index in [1.165, 1.54) is 18.4 Å². The Hall–Kier alpha value is -2.23. The van der Waals surface area contributed by atoms with Crippen molar-refractivity contribution in [2.24, 2.45) is 5.10 Å². The molecule has 3 heterocycles. The molecule has 4 heteroatoms. The summed E-state index contributed by atoms with van der Waals surface area (Å²) in [6.07, 6.45) is 7.11. The highest BCUT2D eigenvalue weighted by atomic mass is 16.5. The Labute approximate surface area is 129 Å². The summed E-state index contributed by atoms with van der Waals surface area (Å²) in [5, 5.41) is 7.14. The van der Waals surface area contributed by atoms with Crippen molar-refractivity contribution in [2.75, 3.05) is 0 Å². The zero-order chi connectivity index (χ0) is 14.6. The molecule has 1 aromatic carbocycles. The van der Waals surface area contributed by atoms with Crippen LogP contribution >= 0.6 is 0 Å². The summed E-state index contributed by atoms with van der Waals surface area (Å²) in [6.45, 7) is 0. The first kappa shape index (κ1) is 12.3. The van der Waals surface area contributed by atoms with Gasteiger partial charge in [0, 0.05) is 24.8 Å². The lowest BCUT2D eigenvalue weighted by atomic mass is 9.95. The number of hydrogen-bond acceptors (Lipinski definition) is 4. The van der Waals surface area contributed by atoms with Crippen LogP contribution in [0.2, 0.25) is 0 Å². The third-order valence-corrected chi connectivity index (χ3v) is 5.10. The lowest BCUT2D eigenvalue weighted by Crippen LogP contribution is -2.51. The maximum atomic E-state index is 6.45. The Morgan fingerprint density at radius 1 is 1.09 bits per heavy atom. The van der Waals surface area contributed by atoms with Crippen LogP contribution in [0.4, 0.5) is 0 Å². The van der Waals surface area contributed by atoms with Crippen LogP contribution in [0.25, 0.3) is 0 Å². The molecule has 112 valence electrons. The molecule has 0 radical (unpaired) electrons. The van der Waals surface area contributed by atoms with Crippen molar-refractivity contribution < 1.29 is 9.15 Å². The van der Waals surface area contributed by atoms with Crippen LogP contribution in [-0.2, 0) is 0 Å². The molecule has 0 amide bonds. The molecule has 0 unspecified atom stereocenters. The van der Waals surface area contributed by atoms with E-state index in [2.05, 4.69) is 29.3 Å². The van der Waals surface area contributed by atoms with E-state index in [1.807, 2.05) is 12.1 Å². The van der Waals surface area contributed by atoms with E-state index in [9.17, 15) is 0 Å². The summed E-state index contributed by atoms with van der Waals surface area (Å²) in [4.78, 5) is 0. The van der Waals surface area contributed by atoms with E-state index in [4.69, 9.17) is 14.3 Å². The van der Waals surface area contributed by atoms with Crippen molar-refractivity contribution >= 4 is 5.71 Å². The van der Waals surface area contributed by atoms with Gasteiger partial charge in [0.1, 0.15) is 17.2 Å². The molecule has 1 atom stereocenters. The molecule has 1 saturated carbocycles. The maximum absolute atomic E-state index is 6.45. The highest BCUT2D eigenvalue weighted by Gasteiger charge is 2.51. The predicted molar refractivity (Wildman–Crippen MR) is 82.7 cm³/mol. The number of hydrazone groups is 1. The van der Waals surface area contributed by atoms with Gasteiger partial charge < -0.3 is 9.15 Å². The second-order valence-corrected chi connectivity index (χ2v) is 6.38. The van der Waals surface area contributed by atoms with Crippen LogP contribution in [-0.4, -0.2) is 16.4 Å². The van der Waals surface area contributed by atoms with Gasteiger partial charge in [-0.25, -0.2) is 5.01 Å². The second kappa shape index (κ2) is 4.38. The lowest BCUT2D eigenvalue weighted by molar-refractivity contribution is -0.114. The van der Waals surface area contributed by atoms with Crippen LogP contribution in [0.15, 0.2) is 52.2 Å². The largest absolute Gasteiger partial charge is 0.466 e. The minimum Gasteiger partial charge on any atom is -0.466 e. The van der Waals surface area contributed by atoms with E-state index in [1.54, 1.807) is 6.26 Å². The van der Waals surface area contributed by atoms with Crippen molar-refractivity contribution in [3.63, 3.8) is 0 Å². The summed E-state index contributed by atoms with van der Waals surface area (Å²) < 4.78 is 12.0. The molecule has 1 aliphatic carbocycles. The molecular weight excluding hydrogens is 276 g/mol. The highest BCUT2D eigenvalue weighted by molar-refractivity contribution is 5.99. The normalized spacial score (nSPS) is 24.8. The SMILES string of the molecule is c1coc(C2=NN3[C@H](C2)c2ccccc2OC32CCCC2)c1. The number of ether oxygens (including phenoxy) is 1. The van der Waals surface area contributed by atoms with E-state index in [0.29, 0.717) is 0 Å². The van der Waals surface area contributed by atoms with Gasteiger partial charge in [-0.15, -0.1) is 0 Å². The lowest BCUT2D eigenvalue weighted by Gasteiger charge is -2.45. The third kappa shape index (κ3) is 1.61. The molecule has 22 heavy (non-hydrogen) atoms. The average Bonchev–Trinajstić information content (AvgIpc) is 3.28. The minimum absolute atomic E-state index is 0.257. The van der Waals surface area contributed by atoms with Crippen LogP contribution < -0.4 is 4.74 Å². The molecule has 2 aliphatic heterocycles. The molecule has 0 saturated heterocycles. The molecule has 1 spiro atoms. The van der Waals surface area contributed by atoms with Gasteiger partial charge in [0.25, 0.3) is 0 Å². The van der Waals surface area contributed by atoms with Crippen molar-refractivity contribution in [1.82, 2.24) is 5.01 Å². The smallest absolute Gasteiger partial charge is 0.198 e. The van der Waals surface area contributed by atoms with Crippen molar-refractivity contribution in [3.8, 4) is 5.75 Å². The fourth-order valence-corrected chi connectivity index (χ4v) is 4.08. The Balaban J connectivity index is 1.63. The number of fused-ring (bicyclic) bond motifs is 4. The van der Waals surface area contributed by atoms with Gasteiger partial charge in [0.2, 0.25) is 0 Å². The summed E-state index contributed by atoms with van der Waals surface area (Å²) in [5.74, 6) is 1.90. The highest BCUT2D eigenvalue weighted by Crippen LogP contribution is 2.51. The Kier molecular flexibility index (Phi) is 2.46. The number of para-hydroxylation sites is 1. The summed E-state index contributed by atoms with van der Waals surface area (Å²) in [6, 6.07) is 12.6. The standard InChI is InChI=1S/C18H18N2O2/c1-2-7-16-13(6-1)15-12-14(17-8-5-11-21-17)19-20(15)18(22-16)9-3-4-10-18/h1-2,5-8,11,15H,3-4,9-10,12H2/t15-/m1/s1. The van der Waals surface area contributed by atoms with E-state index < -0.39 is 0 Å². The first-order valence-electron chi connectivity index (χ1n) is 8.04. The zero-order valence-electron chi connectivity index (χ0n) is 12.4. The van der Waals surface area contributed by atoms with E-state index in [-0.39, 0.29) is 11.8 Å². The Morgan fingerprint density at radius 2 is 1.95 bits per heavy atom. The van der Waals surface area contributed by atoms with Crippen LogP contribution in [0, 0.1) is 0 Å². The molecule has 3 aliphatic rings. The fourth-order valence-electron chi connectivity index (χ4n) is 4.08. The molecule has 0 N–H and O–H groups in total. The van der Waals surface area contributed by atoms with Crippen molar-refractivity contribution in [3.05, 3.63) is 54.0 Å². The minimum atomic E-state index is -0.257. The van der Waals surface area contributed by atoms with Gasteiger partial charge in [0.15, 0.2) is 5.72 Å². The molecule has 4 nitrogen and oxygen atoms in total. The van der Waals surface area contributed by atoms with Crippen LogP contribution in [0.3, 0.4) is 0 Å². The summed E-state index contributed by atoms with van der Waals surface area (Å²) in [7, 11) is 0. The number of furan rings is 1. The topological polar surface area (TPSA) is 38.0 Å². The first-order valence-corrected chi connectivity index (χ1v) is 8.04. The number of rotatable bonds is 1. The van der Waals surface area contributed by atoms with Gasteiger partial charge in [-0.05, 0) is 31.0 Å². The molecule has 2 aromatic rings. The average molecular weight is 294 g/mol. The predicted octanol–water partition coefficient (Wildman–Crippen LogP) is 4.09. The van der Waals surface area contributed by atoms with E-state index >= 15 is 0 Å². The summed E-state index contributed by atoms with van der Waals surface area (Å²) >= 11 is 0. The van der Waals surface area contributed by atoms with Gasteiger partial charge >= 0.3 is 0 Å². The number of benzene rings is 1. The maximum Gasteiger partial charge on any atom is 0.198 e. The molecule has 1 aromatic heterocycles. The monoisotopic (exact) mass is 294 g/mol. The van der Waals surface area contributed by atoms with Gasteiger partial charge in [-0.3, -0.25) is 0 Å². The Bertz CT molecular complexity index is 729. The van der Waals surface area contributed by atoms with Crippen LogP contribution in [0.5, 0.6) is 5.75 Å². The quantitative estimate of drug-likeness (QED) is 0.795. The molecule has 5 rings (SSSR count). The second-order valence-electron chi connectivity index (χ2n) is 6.38. The third-order valence-electron chi connectivity index (χ3n) is 5.10. The van der Waals surface area contributed by atoms with Gasteiger partial charge in [-0.1, -0.05) is 18.2 Å². The fraction of sp³-hybridized carbons (Fsp3) is 0.389. The van der Waals surface area contributed by atoms with Gasteiger partial charge in [-0.2, -0.15) is 5.10 Å². The van der Waals surface area contributed by atoms with Crippen LogP contribution in [0.1, 0.15) is 49.5 Å². The molecular formula is C18H18N2O2. The van der Waals surface area contributed by atoms with Crippen molar-refractivity contribution in [2.45, 2.75) is 43.9 Å². The van der Waals surface area contributed by atoms with Gasteiger partial charge in [0.05, 0.1) is 12.3 Å². The Morgan fingerprint density at radius 3 is 2.77 bits per heavy atom. The number of hydrogen-bond donors (Lipinski definition) is 0.